The lowest BCUT2D eigenvalue weighted by Crippen LogP contribution is -2.47. The average molecular weight is 350 g/mol. The number of aromatic nitrogens is 8. The van der Waals surface area contributed by atoms with E-state index < -0.39 is 0 Å². The highest BCUT2D eigenvalue weighted by Gasteiger charge is 2.22. The van der Waals surface area contributed by atoms with Crippen molar-refractivity contribution in [2.75, 3.05) is 36.0 Å². The Morgan fingerprint density at radius 1 is 0.962 bits per heavy atom. The average Bonchev–Trinajstić information content (AvgIpc) is 3.33. The van der Waals surface area contributed by atoms with Gasteiger partial charge in [-0.1, -0.05) is 0 Å². The van der Waals surface area contributed by atoms with Crippen molar-refractivity contribution >= 4 is 28.4 Å². The smallest absolute Gasteiger partial charge is 0.177 e. The molecule has 0 bridgehead atoms. The Labute approximate surface area is 149 Å². The first-order chi connectivity index (χ1) is 12.8. The molecule has 10 heteroatoms. The Hall–Kier alpha value is -3.30. The van der Waals surface area contributed by atoms with Crippen LogP contribution in [0.1, 0.15) is 6.92 Å². The summed E-state index contributed by atoms with van der Waals surface area (Å²) in [5, 5.41) is 12.5. The summed E-state index contributed by atoms with van der Waals surface area (Å²) in [6.07, 6.45) is 5.08. The fraction of sp³-hybridized carbons (Fsp3) is 0.375. The van der Waals surface area contributed by atoms with E-state index in [4.69, 9.17) is 0 Å². The Morgan fingerprint density at radius 3 is 2.65 bits per heavy atom. The van der Waals surface area contributed by atoms with E-state index in [-0.39, 0.29) is 0 Å². The van der Waals surface area contributed by atoms with Crippen LogP contribution in [0.2, 0.25) is 0 Å². The third-order valence-electron chi connectivity index (χ3n) is 4.77. The van der Waals surface area contributed by atoms with Crippen LogP contribution >= 0.6 is 0 Å². The molecule has 5 heterocycles. The number of rotatable bonds is 3. The highest BCUT2D eigenvalue weighted by Crippen LogP contribution is 2.23. The number of hydrogen-bond donors (Lipinski definition) is 0. The Kier molecular flexibility index (Phi) is 3.40. The zero-order valence-electron chi connectivity index (χ0n) is 14.4. The summed E-state index contributed by atoms with van der Waals surface area (Å²) in [5.74, 6) is 1.84. The van der Waals surface area contributed by atoms with Gasteiger partial charge in [-0.2, -0.15) is 4.52 Å². The molecule has 0 radical (unpaired) electrons. The van der Waals surface area contributed by atoms with Crippen molar-refractivity contribution in [3.63, 3.8) is 0 Å². The zero-order chi connectivity index (χ0) is 17.5. The maximum absolute atomic E-state index is 4.58. The van der Waals surface area contributed by atoms with Crippen molar-refractivity contribution in [1.29, 1.82) is 0 Å². The van der Waals surface area contributed by atoms with Gasteiger partial charge in [-0.3, -0.25) is 0 Å². The number of anilines is 2. The summed E-state index contributed by atoms with van der Waals surface area (Å²) >= 11 is 0. The summed E-state index contributed by atoms with van der Waals surface area (Å²) < 4.78 is 3.74. The van der Waals surface area contributed by atoms with Crippen molar-refractivity contribution in [2.45, 2.75) is 13.5 Å². The fourth-order valence-corrected chi connectivity index (χ4v) is 3.37. The van der Waals surface area contributed by atoms with Gasteiger partial charge in [-0.05, 0) is 19.1 Å². The summed E-state index contributed by atoms with van der Waals surface area (Å²) in [6, 6.07) is 3.93. The van der Waals surface area contributed by atoms with Crippen molar-refractivity contribution < 1.29 is 0 Å². The van der Waals surface area contributed by atoms with Crippen molar-refractivity contribution in [3.8, 4) is 0 Å². The molecule has 0 atom stereocenters. The van der Waals surface area contributed by atoms with Gasteiger partial charge in [0.25, 0.3) is 0 Å². The first-order valence-corrected chi connectivity index (χ1v) is 8.66. The van der Waals surface area contributed by atoms with Gasteiger partial charge in [0.05, 0.1) is 6.33 Å². The van der Waals surface area contributed by atoms with Gasteiger partial charge in [0.15, 0.2) is 22.6 Å². The third-order valence-corrected chi connectivity index (χ3v) is 4.77. The minimum absolute atomic E-state index is 0.752. The summed E-state index contributed by atoms with van der Waals surface area (Å²) in [6.45, 7) is 6.36. The van der Waals surface area contributed by atoms with E-state index in [9.17, 15) is 0 Å². The van der Waals surface area contributed by atoms with Gasteiger partial charge in [0, 0.05) is 32.7 Å². The molecule has 0 spiro atoms. The van der Waals surface area contributed by atoms with Crippen LogP contribution in [-0.4, -0.2) is 65.5 Å². The minimum atomic E-state index is 0.752. The first-order valence-electron chi connectivity index (χ1n) is 8.66. The van der Waals surface area contributed by atoms with E-state index >= 15 is 0 Å². The molecule has 1 aliphatic rings. The largest absolute Gasteiger partial charge is 0.352 e. The van der Waals surface area contributed by atoms with Crippen LogP contribution < -0.4 is 9.80 Å². The second kappa shape index (κ2) is 5.90. The molecule has 0 saturated carbocycles. The molecule has 26 heavy (non-hydrogen) atoms. The maximum atomic E-state index is 4.58. The van der Waals surface area contributed by atoms with E-state index in [1.54, 1.807) is 17.2 Å². The van der Waals surface area contributed by atoms with E-state index in [1.165, 1.54) is 0 Å². The molecule has 0 aliphatic carbocycles. The van der Waals surface area contributed by atoms with Crippen LogP contribution in [0.5, 0.6) is 0 Å². The molecule has 1 saturated heterocycles. The minimum Gasteiger partial charge on any atom is -0.352 e. The molecule has 132 valence electrons. The lowest BCUT2D eigenvalue weighted by atomic mass is 10.3. The Morgan fingerprint density at radius 2 is 1.81 bits per heavy atom. The normalized spacial score (nSPS) is 15.3. The molecular weight excluding hydrogens is 332 g/mol. The molecule has 4 aromatic rings. The predicted molar refractivity (Wildman–Crippen MR) is 96.2 cm³/mol. The molecular formula is C16H18N10. The van der Waals surface area contributed by atoms with Crippen LogP contribution in [0.25, 0.3) is 16.8 Å². The lowest BCUT2D eigenvalue weighted by molar-refractivity contribution is 0.637. The van der Waals surface area contributed by atoms with E-state index in [0.29, 0.717) is 0 Å². The molecule has 0 aromatic carbocycles. The number of nitrogens with zero attached hydrogens (tertiary/aromatic N) is 10. The van der Waals surface area contributed by atoms with Crippen LogP contribution in [-0.2, 0) is 6.54 Å². The van der Waals surface area contributed by atoms with E-state index in [2.05, 4.69) is 47.0 Å². The zero-order valence-corrected chi connectivity index (χ0v) is 14.4. The van der Waals surface area contributed by atoms with E-state index in [1.807, 2.05) is 23.0 Å². The highest BCUT2D eigenvalue weighted by atomic mass is 15.4. The summed E-state index contributed by atoms with van der Waals surface area (Å²) in [5.41, 5.74) is 2.51. The molecule has 1 aliphatic heterocycles. The molecule has 1 fully saturated rings. The van der Waals surface area contributed by atoms with Gasteiger partial charge in [-0.25, -0.2) is 15.0 Å². The van der Waals surface area contributed by atoms with E-state index in [0.717, 1.165) is 61.2 Å². The lowest BCUT2D eigenvalue weighted by Gasteiger charge is -2.35. The topological polar surface area (TPSA) is 93.2 Å². The van der Waals surface area contributed by atoms with Crippen molar-refractivity contribution in [2.24, 2.45) is 0 Å². The SMILES string of the molecule is CCn1cnc2c(N3CCN(c4ccc5nncn5n4)CC3)ncnc21. The second-order valence-electron chi connectivity index (χ2n) is 6.20. The molecule has 0 amide bonds. The van der Waals surface area contributed by atoms with Crippen LogP contribution in [0.15, 0.2) is 31.1 Å². The van der Waals surface area contributed by atoms with Crippen LogP contribution in [0.3, 0.4) is 0 Å². The number of aryl methyl sites for hydroxylation is 1. The summed E-state index contributed by atoms with van der Waals surface area (Å²) in [4.78, 5) is 17.9. The third kappa shape index (κ3) is 2.33. The van der Waals surface area contributed by atoms with Gasteiger partial charge in [0.1, 0.15) is 18.5 Å². The van der Waals surface area contributed by atoms with Crippen LogP contribution in [0.4, 0.5) is 11.6 Å². The maximum Gasteiger partial charge on any atom is 0.177 e. The van der Waals surface area contributed by atoms with Gasteiger partial charge >= 0.3 is 0 Å². The fourth-order valence-electron chi connectivity index (χ4n) is 3.37. The summed E-state index contributed by atoms with van der Waals surface area (Å²) in [7, 11) is 0. The molecule has 0 N–H and O–H groups in total. The molecule has 4 aromatic heterocycles. The van der Waals surface area contributed by atoms with Crippen molar-refractivity contribution in [3.05, 3.63) is 31.1 Å². The van der Waals surface area contributed by atoms with Gasteiger partial charge < -0.3 is 14.4 Å². The monoisotopic (exact) mass is 350 g/mol. The number of piperazine rings is 1. The molecule has 5 rings (SSSR count). The van der Waals surface area contributed by atoms with Crippen LogP contribution in [0, 0.1) is 0 Å². The number of imidazole rings is 1. The van der Waals surface area contributed by atoms with Crippen molar-refractivity contribution in [1.82, 2.24) is 39.3 Å². The number of fused-ring (bicyclic) bond motifs is 2. The highest BCUT2D eigenvalue weighted by molar-refractivity contribution is 5.83. The second-order valence-corrected chi connectivity index (χ2v) is 6.20. The first kappa shape index (κ1) is 15.0. The number of hydrogen-bond acceptors (Lipinski definition) is 8. The Balaban J connectivity index is 1.38. The quantitative estimate of drug-likeness (QED) is 0.531. The standard InChI is InChI=1S/C16H18N10/c1-2-23-10-19-14-15(23)17-9-18-16(14)25-7-5-24(6-8-25)13-4-3-12-21-20-11-26(12)22-13/h3-4,9-11H,2,5-8H2,1H3. The Bertz CT molecular complexity index is 1060. The van der Waals surface area contributed by atoms with Gasteiger partial charge in [-0.15, -0.1) is 15.3 Å². The molecule has 0 unspecified atom stereocenters. The predicted octanol–water partition coefficient (Wildman–Crippen LogP) is 0.610. The van der Waals surface area contributed by atoms with Gasteiger partial charge in [0.2, 0.25) is 0 Å². The molecule has 10 nitrogen and oxygen atoms in total.